The normalized spacial score (nSPS) is 19.5. The number of aromatic nitrogens is 2. The van der Waals surface area contributed by atoms with Gasteiger partial charge >= 0.3 is 5.97 Å². The summed E-state index contributed by atoms with van der Waals surface area (Å²) in [7, 11) is 1.64. The van der Waals surface area contributed by atoms with Gasteiger partial charge in [0, 0.05) is 16.7 Å². The second-order valence-electron chi connectivity index (χ2n) is 9.15. The minimum Gasteiger partial charge on any atom is -0.496 e. The van der Waals surface area contributed by atoms with Gasteiger partial charge in [-0.2, -0.15) is 0 Å². The van der Waals surface area contributed by atoms with Crippen LogP contribution >= 0.6 is 0 Å². The van der Waals surface area contributed by atoms with Crippen LogP contribution in [-0.2, 0) is 34.7 Å². The molecule has 1 aromatic carbocycles. The number of aliphatic hydroxyl groups is 1. The van der Waals surface area contributed by atoms with Crippen molar-refractivity contribution >= 4 is 12.0 Å². The number of para-hydroxylation sites is 1. The molecule has 3 aromatic rings. The van der Waals surface area contributed by atoms with E-state index in [-0.39, 0.29) is 18.6 Å². The van der Waals surface area contributed by atoms with Gasteiger partial charge in [0.05, 0.1) is 36.3 Å². The van der Waals surface area contributed by atoms with Crippen molar-refractivity contribution in [2.75, 3.05) is 7.11 Å². The number of hydrogen-bond acceptors (Lipinski definition) is 6. The second kappa shape index (κ2) is 7.52. The highest BCUT2D eigenvalue weighted by Crippen LogP contribution is 2.45. The third-order valence-corrected chi connectivity index (χ3v) is 7.29. The van der Waals surface area contributed by atoms with E-state index in [4.69, 9.17) is 14.5 Å². The predicted molar refractivity (Wildman–Crippen MR) is 131 cm³/mol. The molecular formula is C28H24N2O5. The molecule has 1 unspecified atom stereocenters. The summed E-state index contributed by atoms with van der Waals surface area (Å²) in [5.41, 5.74) is 5.35. The highest BCUT2D eigenvalue weighted by Gasteiger charge is 2.45. The molecule has 2 aliphatic heterocycles. The maximum Gasteiger partial charge on any atom is 0.343 e. The van der Waals surface area contributed by atoms with Gasteiger partial charge in [-0.1, -0.05) is 43.4 Å². The van der Waals surface area contributed by atoms with E-state index < -0.39 is 11.6 Å². The molecule has 4 heterocycles. The standard InChI is InChI=1S/C28H24N2O5/c1-4-28(33)20-12-22-25-18(13-30(22)26(31)19(20)14-35-27(28)32)24(16-7-5-6-8-23(16)34-3)17-11-15(2)9-10-21(17)29-25/h5-10,12,33H,2,4,11,13-14H2,1,3H3. The molecule has 1 N–H and O–H groups in total. The van der Waals surface area contributed by atoms with Gasteiger partial charge in [-0.15, -0.1) is 0 Å². The van der Waals surface area contributed by atoms with Gasteiger partial charge in [0.1, 0.15) is 12.4 Å². The summed E-state index contributed by atoms with van der Waals surface area (Å²) in [6.07, 6.45) is 4.64. The Bertz CT molecular complexity index is 1550. The zero-order valence-corrected chi connectivity index (χ0v) is 19.6. The van der Waals surface area contributed by atoms with Crippen molar-refractivity contribution in [3.63, 3.8) is 0 Å². The Kier molecular flexibility index (Phi) is 4.63. The molecule has 1 aliphatic carbocycles. The third-order valence-electron chi connectivity index (χ3n) is 7.29. The molecule has 0 saturated carbocycles. The SMILES string of the molecule is C=C1C=Cc2nc3c(c(-c4ccccc4OC)c2C1)Cn1c-3cc2c(c1=O)COC(=O)C2(O)CC. The minimum atomic E-state index is -1.86. The molecule has 0 radical (unpaired) electrons. The minimum absolute atomic E-state index is 0.101. The maximum absolute atomic E-state index is 13.6. The van der Waals surface area contributed by atoms with Crippen LogP contribution in [0.1, 0.15) is 41.3 Å². The second-order valence-corrected chi connectivity index (χ2v) is 9.15. The number of rotatable bonds is 3. The molecule has 35 heavy (non-hydrogen) atoms. The van der Waals surface area contributed by atoms with Crippen LogP contribution in [0, 0.1) is 0 Å². The lowest BCUT2D eigenvalue weighted by molar-refractivity contribution is -0.172. The van der Waals surface area contributed by atoms with E-state index in [0.717, 1.165) is 39.3 Å². The first-order valence-electron chi connectivity index (χ1n) is 11.6. The van der Waals surface area contributed by atoms with Crippen LogP contribution in [-0.4, -0.2) is 27.7 Å². The number of cyclic esters (lactones) is 1. The number of ether oxygens (including phenoxy) is 2. The molecular weight excluding hydrogens is 444 g/mol. The summed E-state index contributed by atoms with van der Waals surface area (Å²) >= 11 is 0. The summed E-state index contributed by atoms with van der Waals surface area (Å²) in [6.45, 7) is 6.01. The van der Waals surface area contributed by atoms with Crippen LogP contribution in [0.15, 0.2) is 53.4 Å². The number of fused-ring (bicyclic) bond motifs is 5. The summed E-state index contributed by atoms with van der Waals surface area (Å²) in [5, 5.41) is 11.1. The first kappa shape index (κ1) is 21.6. The quantitative estimate of drug-likeness (QED) is 0.461. The average Bonchev–Trinajstić information content (AvgIpc) is 3.23. The molecule has 176 valence electrons. The number of carbonyl (C=O) groups excluding carboxylic acids is 1. The highest BCUT2D eigenvalue weighted by molar-refractivity contribution is 5.88. The van der Waals surface area contributed by atoms with Gasteiger partial charge < -0.3 is 19.1 Å². The summed E-state index contributed by atoms with van der Waals surface area (Å²) < 4.78 is 12.5. The van der Waals surface area contributed by atoms with E-state index in [9.17, 15) is 14.7 Å². The van der Waals surface area contributed by atoms with E-state index >= 15 is 0 Å². The Morgan fingerprint density at radius 2 is 2.00 bits per heavy atom. The Morgan fingerprint density at radius 1 is 1.20 bits per heavy atom. The monoisotopic (exact) mass is 468 g/mol. The topological polar surface area (TPSA) is 90.7 Å². The first-order chi connectivity index (χ1) is 16.9. The number of esters is 1. The summed E-state index contributed by atoms with van der Waals surface area (Å²) in [4.78, 5) is 31.0. The van der Waals surface area contributed by atoms with Crippen LogP contribution in [0.25, 0.3) is 28.6 Å². The fourth-order valence-electron chi connectivity index (χ4n) is 5.44. The van der Waals surface area contributed by atoms with Crippen molar-refractivity contribution in [1.29, 1.82) is 0 Å². The number of allylic oxidation sites excluding steroid dienone is 2. The molecule has 0 spiro atoms. The molecule has 0 amide bonds. The van der Waals surface area contributed by atoms with Gasteiger partial charge in [-0.25, -0.2) is 9.78 Å². The number of nitrogens with zero attached hydrogens (tertiary/aromatic N) is 2. The molecule has 3 aliphatic rings. The fourth-order valence-corrected chi connectivity index (χ4v) is 5.44. The fraction of sp³-hybridized carbons (Fsp3) is 0.250. The smallest absolute Gasteiger partial charge is 0.343 e. The lowest BCUT2D eigenvalue weighted by Crippen LogP contribution is -2.44. The number of pyridine rings is 2. The predicted octanol–water partition coefficient (Wildman–Crippen LogP) is 3.73. The Morgan fingerprint density at radius 3 is 2.77 bits per heavy atom. The average molecular weight is 469 g/mol. The molecule has 0 saturated heterocycles. The number of benzene rings is 1. The summed E-state index contributed by atoms with van der Waals surface area (Å²) in [5.74, 6) is -0.00477. The van der Waals surface area contributed by atoms with Crippen LogP contribution < -0.4 is 10.3 Å². The third kappa shape index (κ3) is 2.91. The molecule has 6 rings (SSSR count). The van der Waals surface area contributed by atoms with Gasteiger partial charge in [0.25, 0.3) is 5.56 Å². The zero-order chi connectivity index (χ0) is 24.5. The summed E-state index contributed by atoms with van der Waals surface area (Å²) in [6, 6.07) is 9.55. The first-order valence-corrected chi connectivity index (χ1v) is 11.6. The van der Waals surface area contributed by atoms with Crippen molar-refractivity contribution in [2.24, 2.45) is 0 Å². The van der Waals surface area contributed by atoms with E-state index in [1.807, 2.05) is 36.4 Å². The molecule has 0 bridgehead atoms. The van der Waals surface area contributed by atoms with Crippen LogP contribution in [0.2, 0.25) is 0 Å². The Balaban J connectivity index is 1.68. The van der Waals surface area contributed by atoms with Crippen LogP contribution in [0.5, 0.6) is 5.75 Å². The van der Waals surface area contributed by atoms with Crippen molar-refractivity contribution in [3.8, 4) is 28.3 Å². The maximum atomic E-state index is 13.6. The lowest BCUT2D eigenvalue weighted by Gasteiger charge is -2.31. The molecule has 0 fully saturated rings. The van der Waals surface area contributed by atoms with Crippen molar-refractivity contribution in [1.82, 2.24) is 9.55 Å². The van der Waals surface area contributed by atoms with E-state index in [0.29, 0.717) is 35.5 Å². The van der Waals surface area contributed by atoms with Crippen molar-refractivity contribution in [3.05, 3.63) is 86.9 Å². The number of methoxy groups -OCH3 is 1. The van der Waals surface area contributed by atoms with Gasteiger partial charge in [0.15, 0.2) is 5.60 Å². The largest absolute Gasteiger partial charge is 0.496 e. The van der Waals surface area contributed by atoms with Crippen LogP contribution in [0.4, 0.5) is 0 Å². The molecule has 7 nitrogen and oxygen atoms in total. The van der Waals surface area contributed by atoms with Gasteiger partial charge in [0.2, 0.25) is 0 Å². The van der Waals surface area contributed by atoms with E-state index in [1.165, 1.54) is 0 Å². The Hall–Kier alpha value is -3.97. The van der Waals surface area contributed by atoms with Gasteiger partial charge in [-0.3, -0.25) is 4.79 Å². The molecule has 7 heteroatoms. The zero-order valence-electron chi connectivity index (χ0n) is 19.6. The lowest BCUT2D eigenvalue weighted by atomic mass is 9.85. The highest BCUT2D eigenvalue weighted by atomic mass is 16.6. The van der Waals surface area contributed by atoms with E-state index in [2.05, 4.69) is 6.58 Å². The van der Waals surface area contributed by atoms with Crippen molar-refractivity contribution in [2.45, 2.75) is 38.5 Å². The van der Waals surface area contributed by atoms with E-state index in [1.54, 1.807) is 24.7 Å². The van der Waals surface area contributed by atoms with Crippen molar-refractivity contribution < 1.29 is 19.4 Å². The Labute approximate surface area is 202 Å². The molecule has 1 atom stereocenters. The number of hydrogen-bond donors (Lipinski definition) is 1. The van der Waals surface area contributed by atoms with Gasteiger partial charge in [-0.05, 0) is 42.2 Å². The molecule has 2 aromatic heterocycles. The van der Waals surface area contributed by atoms with Crippen LogP contribution in [0.3, 0.4) is 0 Å². The number of carbonyl (C=O) groups is 1.